The number of nitrogens with zero attached hydrogens (tertiary/aromatic N) is 1. The summed E-state index contributed by atoms with van der Waals surface area (Å²) < 4.78 is 5.09. The summed E-state index contributed by atoms with van der Waals surface area (Å²) in [5, 5.41) is 11.2. The van der Waals surface area contributed by atoms with E-state index in [0.717, 1.165) is 5.56 Å². The Morgan fingerprint density at radius 1 is 1.40 bits per heavy atom. The Morgan fingerprint density at radius 3 is 2.45 bits per heavy atom. The van der Waals surface area contributed by atoms with E-state index < -0.39 is 17.7 Å². The molecule has 0 aliphatic heterocycles. The normalized spacial score (nSPS) is 12.1. The fourth-order valence-electron chi connectivity index (χ4n) is 1.56. The lowest BCUT2D eigenvalue weighted by molar-refractivity contribution is -0.109. The van der Waals surface area contributed by atoms with Gasteiger partial charge in [-0.05, 0) is 44.9 Å². The van der Waals surface area contributed by atoms with Crippen LogP contribution in [0.5, 0.6) is 0 Å². The zero-order valence-electron chi connectivity index (χ0n) is 11.8. The highest BCUT2D eigenvalue weighted by molar-refractivity contribution is 5.73. The summed E-state index contributed by atoms with van der Waals surface area (Å²) in [5.41, 5.74) is 0.806. The molecule has 1 amide bonds. The van der Waals surface area contributed by atoms with Crippen LogP contribution in [0, 0.1) is 11.3 Å². The number of carbonyl (C=O) groups is 2. The Balaban J connectivity index is 2.61. The van der Waals surface area contributed by atoms with Crippen molar-refractivity contribution in [2.45, 2.75) is 38.8 Å². The molecule has 0 heterocycles. The molecule has 0 saturated carbocycles. The van der Waals surface area contributed by atoms with Crippen molar-refractivity contribution in [3.05, 3.63) is 35.4 Å². The molecule has 0 fully saturated rings. The molecule has 1 aromatic carbocycles. The van der Waals surface area contributed by atoms with Gasteiger partial charge in [0.15, 0.2) is 0 Å². The van der Waals surface area contributed by atoms with E-state index >= 15 is 0 Å². The first-order chi connectivity index (χ1) is 9.34. The average Bonchev–Trinajstić information content (AvgIpc) is 2.36. The third-order valence-electron chi connectivity index (χ3n) is 2.41. The van der Waals surface area contributed by atoms with Gasteiger partial charge >= 0.3 is 6.09 Å². The molecule has 1 aromatic rings. The zero-order valence-corrected chi connectivity index (χ0v) is 11.8. The van der Waals surface area contributed by atoms with E-state index in [-0.39, 0.29) is 0 Å². The average molecular weight is 274 g/mol. The standard InChI is InChI=1S/C15H18N2O3/c1-15(2,3)20-14(19)17-13(10-18)8-11-4-6-12(9-16)7-5-11/h4-7,10,13H,8H2,1-3H3,(H,17,19)/t13-/m1/s1. The van der Waals surface area contributed by atoms with Crippen molar-refractivity contribution >= 4 is 12.4 Å². The molecule has 1 N–H and O–H groups in total. The Kier molecular flexibility index (Phi) is 5.27. The van der Waals surface area contributed by atoms with Crippen molar-refractivity contribution in [2.24, 2.45) is 0 Å². The molecular formula is C15H18N2O3. The molecule has 0 spiro atoms. The van der Waals surface area contributed by atoms with Crippen molar-refractivity contribution in [1.29, 1.82) is 5.26 Å². The third kappa shape index (κ3) is 5.53. The SMILES string of the molecule is CC(C)(C)OC(=O)N[C@@H](C=O)Cc1ccc(C#N)cc1. The molecule has 5 nitrogen and oxygen atoms in total. The first-order valence-electron chi connectivity index (χ1n) is 6.28. The Bertz CT molecular complexity index is 509. The number of amides is 1. The Labute approximate surface area is 118 Å². The predicted octanol–water partition coefficient (Wildman–Crippen LogP) is 2.19. The van der Waals surface area contributed by atoms with Crippen LogP contribution in [0.1, 0.15) is 31.9 Å². The lowest BCUT2D eigenvalue weighted by Gasteiger charge is -2.21. The summed E-state index contributed by atoms with van der Waals surface area (Å²) in [6, 6.07) is 8.22. The number of alkyl carbamates (subject to hydrolysis) is 1. The fourth-order valence-corrected chi connectivity index (χ4v) is 1.56. The third-order valence-corrected chi connectivity index (χ3v) is 2.41. The largest absolute Gasteiger partial charge is 0.444 e. The number of rotatable bonds is 4. The highest BCUT2D eigenvalue weighted by Gasteiger charge is 2.19. The van der Waals surface area contributed by atoms with Crippen LogP contribution < -0.4 is 5.32 Å². The van der Waals surface area contributed by atoms with Crippen molar-refractivity contribution < 1.29 is 14.3 Å². The molecule has 0 unspecified atom stereocenters. The summed E-state index contributed by atoms with van der Waals surface area (Å²) >= 11 is 0. The number of aldehydes is 1. The number of hydrogen-bond donors (Lipinski definition) is 1. The first kappa shape index (κ1) is 15.7. The number of benzene rings is 1. The van der Waals surface area contributed by atoms with Crippen molar-refractivity contribution in [3.8, 4) is 6.07 Å². The molecular weight excluding hydrogens is 256 g/mol. The second-order valence-corrected chi connectivity index (χ2v) is 5.40. The van der Waals surface area contributed by atoms with Gasteiger partial charge in [0, 0.05) is 0 Å². The van der Waals surface area contributed by atoms with Gasteiger partial charge in [-0.1, -0.05) is 12.1 Å². The summed E-state index contributed by atoms with van der Waals surface area (Å²) in [6.45, 7) is 5.26. The predicted molar refractivity (Wildman–Crippen MR) is 74.1 cm³/mol. The minimum Gasteiger partial charge on any atom is -0.444 e. The van der Waals surface area contributed by atoms with Gasteiger partial charge in [-0.25, -0.2) is 4.79 Å². The molecule has 0 bridgehead atoms. The number of hydrogen-bond acceptors (Lipinski definition) is 4. The van der Waals surface area contributed by atoms with Gasteiger partial charge in [0.1, 0.15) is 11.9 Å². The fraction of sp³-hybridized carbons (Fsp3) is 0.400. The van der Waals surface area contributed by atoms with Gasteiger partial charge in [-0.3, -0.25) is 0 Å². The van der Waals surface area contributed by atoms with Gasteiger partial charge in [-0.2, -0.15) is 5.26 Å². The van der Waals surface area contributed by atoms with Crippen LogP contribution in [0.25, 0.3) is 0 Å². The van der Waals surface area contributed by atoms with Gasteiger partial charge < -0.3 is 14.8 Å². The van der Waals surface area contributed by atoms with Crippen molar-refractivity contribution in [1.82, 2.24) is 5.32 Å². The van der Waals surface area contributed by atoms with E-state index in [1.807, 2.05) is 6.07 Å². The van der Waals surface area contributed by atoms with E-state index in [1.54, 1.807) is 45.0 Å². The van der Waals surface area contributed by atoms with E-state index in [4.69, 9.17) is 10.00 Å². The molecule has 0 saturated heterocycles. The van der Waals surface area contributed by atoms with Crippen LogP contribution in [-0.2, 0) is 16.0 Å². The van der Waals surface area contributed by atoms with Crippen LogP contribution in [-0.4, -0.2) is 24.0 Å². The minimum absolute atomic E-state index is 0.356. The number of nitriles is 1. The maximum atomic E-state index is 11.6. The van der Waals surface area contributed by atoms with E-state index in [1.165, 1.54) is 0 Å². The summed E-state index contributed by atoms with van der Waals surface area (Å²) in [5.74, 6) is 0. The van der Waals surface area contributed by atoms with Gasteiger partial charge in [-0.15, -0.1) is 0 Å². The van der Waals surface area contributed by atoms with E-state index in [2.05, 4.69) is 5.32 Å². The van der Waals surface area contributed by atoms with Crippen LogP contribution in [0.15, 0.2) is 24.3 Å². The first-order valence-corrected chi connectivity index (χ1v) is 6.28. The number of nitrogens with one attached hydrogen (secondary N) is 1. The lowest BCUT2D eigenvalue weighted by Crippen LogP contribution is -2.41. The van der Waals surface area contributed by atoms with Crippen molar-refractivity contribution in [2.75, 3.05) is 0 Å². The monoisotopic (exact) mass is 274 g/mol. The second-order valence-electron chi connectivity index (χ2n) is 5.40. The van der Waals surface area contributed by atoms with Crippen LogP contribution in [0.4, 0.5) is 4.79 Å². The number of ether oxygens (including phenoxy) is 1. The molecule has 0 aliphatic rings. The molecule has 1 rings (SSSR count). The van der Waals surface area contributed by atoms with Gasteiger partial charge in [0.25, 0.3) is 0 Å². The number of carbonyl (C=O) groups excluding carboxylic acids is 2. The molecule has 106 valence electrons. The van der Waals surface area contributed by atoms with E-state index in [0.29, 0.717) is 18.3 Å². The molecule has 1 atom stereocenters. The summed E-state index contributed by atoms with van der Waals surface area (Å²) in [6.07, 6.45) is 0.402. The smallest absolute Gasteiger partial charge is 0.408 e. The Morgan fingerprint density at radius 2 is 2.00 bits per heavy atom. The molecule has 0 aromatic heterocycles. The molecule has 5 heteroatoms. The van der Waals surface area contributed by atoms with Crippen LogP contribution in [0.3, 0.4) is 0 Å². The van der Waals surface area contributed by atoms with Crippen LogP contribution >= 0.6 is 0 Å². The maximum Gasteiger partial charge on any atom is 0.408 e. The Hall–Kier alpha value is -2.35. The van der Waals surface area contributed by atoms with Gasteiger partial charge in [0.05, 0.1) is 17.7 Å². The second kappa shape index (κ2) is 6.71. The topological polar surface area (TPSA) is 79.2 Å². The van der Waals surface area contributed by atoms with Crippen LogP contribution in [0.2, 0.25) is 0 Å². The summed E-state index contributed by atoms with van der Waals surface area (Å²) in [7, 11) is 0. The highest BCUT2D eigenvalue weighted by atomic mass is 16.6. The molecule has 0 aliphatic carbocycles. The highest BCUT2D eigenvalue weighted by Crippen LogP contribution is 2.08. The van der Waals surface area contributed by atoms with E-state index in [9.17, 15) is 9.59 Å². The van der Waals surface area contributed by atoms with Crippen molar-refractivity contribution in [3.63, 3.8) is 0 Å². The zero-order chi connectivity index (χ0) is 15.2. The lowest BCUT2D eigenvalue weighted by atomic mass is 10.1. The molecule has 0 radical (unpaired) electrons. The minimum atomic E-state index is -0.655. The summed E-state index contributed by atoms with van der Waals surface area (Å²) in [4.78, 5) is 22.6. The quantitative estimate of drug-likeness (QED) is 0.853. The molecule has 20 heavy (non-hydrogen) atoms. The van der Waals surface area contributed by atoms with Gasteiger partial charge in [0.2, 0.25) is 0 Å². The maximum absolute atomic E-state index is 11.6.